The summed E-state index contributed by atoms with van der Waals surface area (Å²) in [5.74, 6) is -1.66. The van der Waals surface area contributed by atoms with Crippen molar-refractivity contribution < 1.29 is 39.6 Å². The molecule has 26 heavy (non-hydrogen) atoms. The molecule has 0 fully saturated rings. The quantitative estimate of drug-likeness (QED) is 0.192. The van der Waals surface area contributed by atoms with E-state index in [-0.39, 0.29) is 18.6 Å². The molecule has 0 aliphatic carbocycles. The van der Waals surface area contributed by atoms with Gasteiger partial charge in [-0.15, -0.1) is 0 Å². The van der Waals surface area contributed by atoms with E-state index in [9.17, 15) is 29.7 Å². The first-order valence-electron chi connectivity index (χ1n) is 8.55. The highest BCUT2D eigenvalue weighted by atomic mass is 16.7. The number of hydroxylamine groups is 2. The second kappa shape index (κ2) is 12.0. The number of aldehydes is 1. The maximum Gasteiger partial charge on any atom is 0.270 e. The lowest BCUT2D eigenvalue weighted by molar-refractivity contribution is -0.211. The smallest absolute Gasteiger partial charge is 0.270 e. The van der Waals surface area contributed by atoms with Crippen LogP contribution in [0.25, 0.3) is 0 Å². The molecule has 0 bridgehead atoms. The maximum atomic E-state index is 12.4. The number of hydrogen-bond donors (Lipinski definition) is 5. The zero-order chi connectivity index (χ0) is 20.4. The predicted octanol–water partition coefficient (Wildman–Crippen LogP) is -1.91. The lowest BCUT2D eigenvalue weighted by Gasteiger charge is -2.28. The second-order valence-corrected chi connectivity index (χ2v) is 6.16. The van der Waals surface area contributed by atoms with Crippen molar-refractivity contribution >= 4 is 18.1 Å². The number of amides is 2. The van der Waals surface area contributed by atoms with E-state index < -0.39 is 48.9 Å². The summed E-state index contributed by atoms with van der Waals surface area (Å²) in [7, 11) is 0. The molecule has 152 valence electrons. The van der Waals surface area contributed by atoms with E-state index in [1.54, 1.807) is 13.8 Å². The predicted molar refractivity (Wildman–Crippen MR) is 90.2 cm³/mol. The van der Waals surface area contributed by atoms with E-state index in [4.69, 9.17) is 15.7 Å². The van der Waals surface area contributed by atoms with Crippen LogP contribution >= 0.6 is 0 Å². The van der Waals surface area contributed by atoms with Crippen LogP contribution in [0, 0.1) is 5.92 Å². The molecule has 10 heteroatoms. The van der Waals surface area contributed by atoms with Crippen LogP contribution in [0.3, 0.4) is 0 Å². The first-order valence-corrected chi connectivity index (χ1v) is 8.55. The molecule has 0 saturated carbocycles. The first-order chi connectivity index (χ1) is 12.1. The lowest BCUT2D eigenvalue weighted by atomic mass is 9.99. The highest BCUT2D eigenvalue weighted by molar-refractivity contribution is 5.96. The molecule has 6 atom stereocenters. The van der Waals surface area contributed by atoms with Gasteiger partial charge in [0.1, 0.15) is 31.0 Å². The number of aliphatic hydroxyl groups is 4. The molecular formula is C16H30N2O8. The summed E-state index contributed by atoms with van der Waals surface area (Å²) in [6.07, 6.45) is -6.53. The number of aliphatic hydroxyl groups excluding tert-OH is 4. The van der Waals surface area contributed by atoms with Crippen molar-refractivity contribution in [3.63, 3.8) is 0 Å². The third-order valence-electron chi connectivity index (χ3n) is 4.04. The van der Waals surface area contributed by atoms with Crippen molar-refractivity contribution in [1.82, 2.24) is 5.06 Å². The topological polar surface area (TPSA) is 171 Å². The Hall–Kier alpha value is -1.43. The number of carbonyl (C=O) groups excluding carboxylic acids is 3. The molecule has 0 radical (unpaired) electrons. The Balaban J connectivity index is 5.06. The number of rotatable bonds is 12. The third kappa shape index (κ3) is 7.06. The Bertz CT molecular complexity index is 462. The summed E-state index contributed by atoms with van der Waals surface area (Å²) in [4.78, 5) is 40.0. The van der Waals surface area contributed by atoms with Gasteiger partial charge in [0.05, 0.1) is 6.04 Å². The van der Waals surface area contributed by atoms with Gasteiger partial charge in [0.15, 0.2) is 6.29 Å². The average Bonchev–Trinajstić information content (AvgIpc) is 2.64. The van der Waals surface area contributed by atoms with Gasteiger partial charge >= 0.3 is 0 Å². The van der Waals surface area contributed by atoms with Crippen LogP contribution in [-0.2, 0) is 19.2 Å². The summed E-state index contributed by atoms with van der Waals surface area (Å²) in [6.45, 7) is 4.56. The molecule has 0 aliphatic rings. The minimum Gasteiger partial charge on any atom is -0.388 e. The normalized spacial score (nSPS) is 18.3. The number of nitrogens with zero attached hydrogens (tertiary/aromatic N) is 1. The summed E-state index contributed by atoms with van der Waals surface area (Å²) in [6, 6.07) is -0.995. The van der Waals surface area contributed by atoms with E-state index in [0.717, 1.165) is 0 Å². The zero-order valence-electron chi connectivity index (χ0n) is 15.3. The molecule has 0 spiro atoms. The fourth-order valence-electron chi connectivity index (χ4n) is 1.97. The molecule has 0 aromatic heterocycles. The molecule has 0 aromatic carbocycles. The number of nitrogens with two attached hydrogens (primary N) is 1. The molecule has 2 amide bonds. The minimum atomic E-state index is -1.95. The van der Waals surface area contributed by atoms with Crippen molar-refractivity contribution in [2.24, 2.45) is 11.7 Å². The van der Waals surface area contributed by atoms with Crippen LogP contribution in [0.2, 0.25) is 0 Å². The van der Waals surface area contributed by atoms with E-state index in [2.05, 4.69) is 0 Å². The van der Waals surface area contributed by atoms with E-state index >= 15 is 0 Å². The fourth-order valence-corrected chi connectivity index (χ4v) is 1.97. The van der Waals surface area contributed by atoms with Crippen LogP contribution in [0.15, 0.2) is 0 Å². The van der Waals surface area contributed by atoms with Gasteiger partial charge in [-0.1, -0.05) is 27.2 Å². The average molecular weight is 378 g/mol. The highest BCUT2D eigenvalue weighted by Crippen LogP contribution is 2.12. The van der Waals surface area contributed by atoms with Crippen molar-refractivity contribution in [1.29, 1.82) is 0 Å². The van der Waals surface area contributed by atoms with E-state index in [1.165, 1.54) is 0 Å². The summed E-state index contributed by atoms with van der Waals surface area (Å²) in [5, 5.41) is 38.7. The molecule has 0 unspecified atom stereocenters. The Morgan fingerprint density at radius 3 is 2.19 bits per heavy atom. The van der Waals surface area contributed by atoms with Gasteiger partial charge in [0, 0.05) is 6.42 Å². The van der Waals surface area contributed by atoms with Crippen LogP contribution in [-0.4, -0.2) is 80.7 Å². The maximum absolute atomic E-state index is 12.4. The Morgan fingerprint density at radius 1 is 1.15 bits per heavy atom. The number of hydrogen-bond acceptors (Lipinski definition) is 9. The highest BCUT2D eigenvalue weighted by Gasteiger charge is 2.34. The Labute approximate surface area is 152 Å². The lowest BCUT2D eigenvalue weighted by Crippen LogP contribution is -2.52. The zero-order valence-corrected chi connectivity index (χ0v) is 15.3. The summed E-state index contributed by atoms with van der Waals surface area (Å²) >= 11 is 0. The largest absolute Gasteiger partial charge is 0.388 e. The summed E-state index contributed by atoms with van der Waals surface area (Å²) in [5.41, 5.74) is 5.83. The fraction of sp³-hybridized carbons (Fsp3) is 0.812. The third-order valence-corrected chi connectivity index (χ3v) is 4.04. The monoisotopic (exact) mass is 378 g/mol. The molecule has 6 N–H and O–H groups in total. The number of carbonyl (C=O) groups is 3. The van der Waals surface area contributed by atoms with Gasteiger partial charge in [-0.25, -0.2) is 0 Å². The van der Waals surface area contributed by atoms with Crippen LogP contribution in [0.5, 0.6) is 0 Å². The minimum absolute atomic E-state index is 0.00406. The second-order valence-electron chi connectivity index (χ2n) is 6.16. The molecule has 0 rings (SSSR count). The molecule has 0 aliphatic heterocycles. The molecule has 0 saturated heterocycles. The van der Waals surface area contributed by atoms with Crippen molar-refractivity contribution in [3.05, 3.63) is 0 Å². The van der Waals surface area contributed by atoms with Crippen LogP contribution in [0.4, 0.5) is 0 Å². The van der Waals surface area contributed by atoms with Gasteiger partial charge in [0.2, 0.25) is 0 Å². The van der Waals surface area contributed by atoms with E-state index in [0.29, 0.717) is 17.9 Å². The van der Waals surface area contributed by atoms with Crippen molar-refractivity contribution in [2.45, 2.75) is 70.5 Å². The molecule has 10 nitrogen and oxygen atoms in total. The standard InChI is InChI=1S/C16H30N2O8/c1-4-6-12(22)18(16(25)13(17)9(3)5-2)26-8-11(21)15(24)14(23)10(20)7-19/h7,9-11,13-15,20-21,23-24H,4-6,8,17H2,1-3H3/t9-,10-,11+,13-,14+,15+/m0/s1. The number of imide groups is 1. The Kier molecular flexibility index (Phi) is 11.4. The van der Waals surface area contributed by atoms with Crippen LogP contribution < -0.4 is 5.73 Å². The van der Waals surface area contributed by atoms with Gasteiger partial charge < -0.3 is 31.0 Å². The van der Waals surface area contributed by atoms with Crippen LogP contribution in [0.1, 0.15) is 40.0 Å². The van der Waals surface area contributed by atoms with Crippen molar-refractivity contribution in [2.75, 3.05) is 6.61 Å². The van der Waals surface area contributed by atoms with Gasteiger partial charge in [-0.05, 0) is 12.3 Å². The molecular weight excluding hydrogens is 348 g/mol. The van der Waals surface area contributed by atoms with Gasteiger partial charge in [-0.2, -0.15) is 5.06 Å². The van der Waals surface area contributed by atoms with Gasteiger partial charge in [-0.3, -0.25) is 14.4 Å². The van der Waals surface area contributed by atoms with Gasteiger partial charge in [0.25, 0.3) is 11.8 Å². The molecule has 0 aromatic rings. The first kappa shape index (κ1) is 24.6. The summed E-state index contributed by atoms with van der Waals surface area (Å²) < 4.78 is 0. The molecule has 0 heterocycles. The Morgan fingerprint density at radius 2 is 1.73 bits per heavy atom. The SMILES string of the molecule is CCCC(=O)N(OC[C@@H](O)[C@@H](O)[C@H](O)[C@@H](O)C=O)C(=O)[C@@H](N)[C@@H](C)CC. The van der Waals surface area contributed by atoms with Crippen molar-refractivity contribution in [3.8, 4) is 0 Å². The van der Waals surface area contributed by atoms with E-state index in [1.807, 2.05) is 6.92 Å².